The molecular weight excluding hydrogens is 242 g/mol. The van der Waals surface area contributed by atoms with E-state index in [2.05, 4.69) is 5.32 Å². The minimum Gasteiger partial charge on any atom is -0.480 e. The monoisotopic (exact) mass is 261 g/mol. The van der Waals surface area contributed by atoms with E-state index < -0.39 is 12.0 Å². The van der Waals surface area contributed by atoms with Gasteiger partial charge in [0.1, 0.15) is 6.04 Å². The molecule has 0 radical (unpaired) electrons. The summed E-state index contributed by atoms with van der Waals surface area (Å²) in [4.78, 5) is 22.9. The van der Waals surface area contributed by atoms with Crippen LogP contribution < -0.4 is 5.32 Å². The number of fused-ring (bicyclic) bond motifs is 1. The zero-order valence-corrected chi connectivity index (χ0v) is 11.1. The van der Waals surface area contributed by atoms with Crippen LogP contribution in [-0.4, -0.2) is 23.0 Å². The molecule has 4 heteroatoms. The van der Waals surface area contributed by atoms with Gasteiger partial charge in [0.15, 0.2) is 0 Å². The molecule has 0 bridgehead atoms. The van der Waals surface area contributed by atoms with E-state index >= 15 is 0 Å². The number of carbonyl (C=O) groups excluding carboxylic acids is 1. The van der Waals surface area contributed by atoms with Crippen LogP contribution >= 0.6 is 0 Å². The number of carbonyl (C=O) groups is 2. The standard InChI is InChI=1S/C15H19NO3/c1-2-13(15(18)19)16-14(17)12-8-7-10-5-3-4-6-11(10)9-12/h7-9,13H,2-6H2,1H3,(H,16,17)(H,18,19). The molecule has 1 aromatic rings. The molecule has 1 atom stereocenters. The van der Waals surface area contributed by atoms with Crippen LogP contribution in [0.15, 0.2) is 18.2 Å². The summed E-state index contributed by atoms with van der Waals surface area (Å²) in [5, 5.41) is 11.5. The van der Waals surface area contributed by atoms with Gasteiger partial charge >= 0.3 is 5.97 Å². The van der Waals surface area contributed by atoms with Gasteiger partial charge in [0, 0.05) is 5.56 Å². The molecule has 19 heavy (non-hydrogen) atoms. The smallest absolute Gasteiger partial charge is 0.326 e. The maximum atomic E-state index is 12.0. The highest BCUT2D eigenvalue weighted by molar-refractivity contribution is 5.96. The molecule has 0 aromatic heterocycles. The number of carboxylic acid groups (broad SMARTS) is 1. The van der Waals surface area contributed by atoms with Crippen molar-refractivity contribution in [3.05, 3.63) is 34.9 Å². The molecule has 1 aromatic carbocycles. The summed E-state index contributed by atoms with van der Waals surface area (Å²) in [7, 11) is 0. The Morgan fingerprint density at radius 3 is 2.58 bits per heavy atom. The third-order valence-electron chi connectivity index (χ3n) is 3.62. The lowest BCUT2D eigenvalue weighted by Gasteiger charge is -2.17. The average molecular weight is 261 g/mol. The second-order valence-corrected chi connectivity index (χ2v) is 4.96. The molecule has 1 unspecified atom stereocenters. The third kappa shape index (κ3) is 3.13. The van der Waals surface area contributed by atoms with Crippen molar-refractivity contribution in [2.45, 2.75) is 45.1 Å². The molecule has 0 aliphatic heterocycles. The predicted molar refractivity (Wildman–Crippen MR) is 72.3 cm³/mol. The molecule has 4 nitrogen and oxygen atoms in total. The molecule has 0 saturated heterocycles. The first-order chi connectivity index (χ1) is 9.11. The van der Waals surface area contributed by atoms with Crippen molar-refractivity contribution in [1.82, 2.24) is 5.32 Å². The van der Waals surface area contributed by atoms with Gasteiger partial charge in [0.2, 0.25) is 0 Å². The number of aliphatic carboxylic acids is 1. The molecule has 2 rings (SSSR count). The Balaban J connectivity index is 2.13. The summed E-state index contributed by atoms with van der Waals surface area (Å²) in [6.45, 7) is 1.74. The Bertz CT molecular complexity index is 496. The molecular formula is C15H19NO3. The Labute approximate surface area is 112 Å². The van der Waals surface area contributed by atoms with Crippen LogP contribution in [-0.2, 0) is 17.6 Å². The first-order valence-electron chi connectivity index (χ1n) is 6.77. The molecule has 1 aliphatic rings. The minimum atomic E-state index is -0.992. The van der Waals surface area contributed by atoms with E-state index in [0.29, 0.717) is 12.0 Å². The van der Waals surface area contributed by atoms with Crippen LogP contribution in [0.25, 0.3) is 0 Å². The van der Waals surface area contributed by atoms with Crippen LogP contribution in [0, 0.1) is 0 Å². The van der Waals surface area contributed by atoms with Crippen molar-refractivity contribution >= 4 is 11.9 Å². The summed E-state index contributed by atoms with van der Waals surface area (Å²) in [5.74, 6) is -1.29. The maximum absolute atomic E-state index is 12.0. The van der Waals surface area contributed by atoms with E-state index in [1.54, 1.807) is 13.0 Å². The molecule has 0 saturated carbocycles. The largest absolute Gasteiger partial charge is 0.480 e. The fourth-order valence-electron chi connectivity index (χ4n) is 2.45. The number of carboxylic acids is 1. The van der Waals surface area contributed by atoms with Crippen molar-refractivity contribution in [3.63, 3.8) is 0 Å². The molecule has 0 spiro atoms. The van der Waals surface area contributed by atoms with E-state index in [-0.39, 0.29) is 5.91 Å². The number of rotatable bonds is 4. The van der Waals surface area contributed by atoms with Crippen molar-refractivity contribution < 1.29 is 14.7 Å². The average Bonchev–Trinajstić information content (AvgIpc) is 2.43. The Kier molecular flexibility index (Phi) is 4.20. The summed E-state index contributed by atoms with van der Waals surface area (Å²) in [6, 6.07) is 4.86. The van der Waals surface area contributed by atoms with Gasteiger partial charge < -0.3 is 10.4 Å². The lowest BCUT2D eigenvalue weighted by Crippen LogP contribution is -2.40. The minimum absolute atomic E-state index is 0.303. The first-order valence-corrected chi connectivity index (χ1v) is 6.77. The Hall–Kier alpha value is -1.84. The molecule has 2 N–H and O–H groups in total. The maximum Gasteiger partial charge on any atom is 0.326 e. The molecule has 1 aliphatic carbocycles. The lowest BCUT2D eigenvalue weighted by atomic mass is 9.90. The fourth-order valence-corrected chi connectivity index (χ4v) is 2.45. The molecule has 1 amide bonds. The van der Waals surface area contributed by atoms with Crippen LogP contribution in [0.3, 0.4) is 0 Å². The second-order valence-electron chi connectivity index (χ2n) is 4.96. The van der Waals surface area contributed by atoms with Gasteiger partial charge in [-0.15, -0.1) is 0 Å². The van der Waals surface area contributed by atoms with Gasteiger partial charge in [-0.1, -0.05) is 13.0 Å². The van der Waals surface area contributed by atoms with Crippen LogP contribution in [0.5, 0.6) is 0 Å². The highest BCUT2D eigenvalue weighted by Crippen LogP contribution is 2.22. The zero-order chi connectivity index (χ0) is 13.8. The SMILES string of the molecule is CCC(NC(=O)c1ccc2c(c1)CCCC2)C(=O)O. The Morgan fingerprint density at radius 2 is 1.95 bits per heavy atom. The van der Waals surface area contributed by atoms with E-state index in [1.807, 2.05) is 12.1 Å². The van der Waals surface area contributed by atoms with Crippen LogP contribution in [0.1, 0.15) is 47.7 Å². The highest BCUT2D eigenvalue weighted by Gasteiger charge is 2.19. The third-order valence-corrected chi connectivity index (χ3v) is 3.62. The topological polar surface area (TPSA) is 66.4 Å². The van der Waals surface area contributed by atoms with Crippen molar-refractivity contribution in [2.75, 3.05) is 0 Å². The Morgan fingerprint density at radius 1 is 1.26 bits per heavy atom. The lowest BCUT2D eigenvalue weighted by molar-refractivity contribution is -0.139. The number of nitrogens with one attached hydrogen (secondary N) is 1. The summed E-state index contributed by atoms with van der Waals surface area (Å²) < 4.78 is 0. The second kappa shape index (κ2) is 5.87. The van der Waals surface area contributed by atoms with E-state index in [1.165, 1.54) is 17.5 Å². The number of benzene rings is 1. The quantitative estimate of drug-likeness (QED) is 0.872. The van der Waals surface area contributed by atoms with Crippen molar-refractivity contribution in [1.29, 1.82) is 0 Å². The summed E-state index contributed by atoms with van der Waals surface area (Å²) in [5.41, 5.74) is 3.09. The first kappa shape index (κ1) is 13.6. The zero-order valence-electron chi connectivity index (χ0n) is 11.1. The van der Waals surface area contributed by atoms with Crippen LogP contribution in [0.2, 0.25) is 0 Å². The van der Waals surface area contributed by atoms with Gasteiger partial charge in [0.05, 0.1) is 0 Å². The number of aryl methyl sites for hydroxylation is 2. The van der Waals surface area contributed by atoms with Gasteiger partial charge in [-0.3, -0.25) is 4.79 Å². The fraction of sp³-hybridized carbons (Fsp3) is 0.467. The molecule has 0 fully saturated rings. The van der Waals surface area contributed by atoms with E-state index in [4.69, 9.17) is 5.11 Å². The normalized spacial score (nSPS) is 15.4. The number of hydrogen-bond donors (Lipinski definition) is 2. The predicted octanol–water partition coefficient (Wildman–Crippen LogP) is 2.16. The summed E-state index contributed by atoms with van der Waals surface area (Å²) in [6.07, 6.45) is 4.82. The van der Waals surface area contributed by atoms with E-state index in [0.717, 1.165) is 19.3 Å². The van der Waals surface area contributed by atoms with Crippen molar-refractivity contribution in [3.8, 4) is 0 Å². The van der Waals surface area contributed by atoms with Crippen molar-refractivity contribution in [2.24, 2.45) is 0 Å². The summed E-state index contributed by atoms with van der Waals surface area (Å²) >= 11 is 0. The van der Waals surface area contributed by atoms with Crippen LogP contribution in [0.4, 0.5) is 0 Å². The highest BCUT2D eigenvalue weighted by atomic mass is 16.4. The van der Waals surface area contributed by atoms with E-state index in [9.17, 15) is 9.59 Å². The van der Waals surface area contributed by atoms with Gasteiger partial charge in [0.25, 0.3) is 5.91 Å². The van der Waals surface area contributed by atoms with Gasteiger partial charge in [-0.2, -0.15) is 0 Å². The van der Waals surface area contributed by atoms with Gasteiger partial charge in [-0.05, 0) is 55.4 Å². The molecule has 102 valence electrons. The number of amides is 1. The van der Waals surface area contributed by atoms with Gasteiger partial charge in [-0.25, -0.2) is 4.79 Å². The molecule has 0 heterocycles. The number of hydrogen-bond acceptors (Lipinski definition) is 2.